The van der Waals surface area contributed by atoms with Crippen molar-refractivity contribution >= 4 is 45.9 Å². The molecule has 0 radical (unpaired) electrons. The van der Waals surface area contributed by atoms with Gasteiger partial charge in [-0.3, -0.25) is 4.79 Å². The molecule has 0 aliphatic heterocycles. The number of carbonyl (C=O) groups is 1. The fourth-order valence-corrected chi connectivity index (χ4v) is 3.44. The van der Waals surface area contributed by atoms with Crippen LogP contribution >= 0.6 is 34.3 Å². The van der Waals surface area contributed by atoms with Crippen LogP contribution in [0.25, 0.3) is 9.88 Å². The Kier molecular flexibility index (Phi) is 4.01. The van der Waals surface area contributed by atoms with Gasteiger partial charge in [0.2, 0.25) is 0 Å². The van der Waals surface area contributed by atoms with Crippen molar-refractivity contribution in [3.8, 4) is 9.88 Å². The van der Waals surface area contributed by atoms with E-state index in [0.717, 1.165) is 16.0 Å². The third-order valence-corrected chi connectivity index (χ3v) is 4.76. The number of nitrogens with zero attached hydrogens (tertiary/aromatic N) is 1. The molecule has 0 bridgehead atoms. The van der Waals surface area contributed by atoms with E-state index < -0.39 is 11.7 Å². The van der Waals surface area contributed by atoms with Gasteiger partial charge in [0, 0.05) is 10.4 Å². The zero-order valence-electron chi connectivity index (χ0n) is 10.5. The van der Waals surface area contributed by atoms with Crippen molar-refractivity contribution in [2.24, 2.45) is 0 Å². The highest BCUT2D eigenvalue weighted by Crippen LogP contribution is 2.28. The van der Waals surface area contributed by atoms with Crippen molar-refractivity contribution in [2.75, 3.05) is 5.32 Å². The molecule has 1 N–H and O–H groups in total. The highest BCUT2D eigenvalue weighted by atomic mass is 35.5. The summed E-state index contributed by atoms with van der Waals surface area (Å²) in [6.45, 7) is 0. The van der Waals surface area contributed by atoms with Gasteiger partial charge >= 0.3 is 0 Å². The number of halogens is 2. The number of benzene rings is 1. The molecule has 0 unspecified atom stereocenters. The monoisotopic (exact) mass is 338 g/mol. The van der Waals surface area contributed by atoms with Crippen LogP contribution in [0.2, 0.25) is 5.02 Å². The first-order valence-corrected chi connectivity index (χ1v) is 8.03. The standard InChI is InChI=1S/C14H8ClFN2OS2/c15-8-3-4-10(9(16)6-8)17-13(19)11-7-21-14(18-11)12-2-1-5-20-12/h1-7H,(H,17,19). The van der Waals surface area contributed by atoms with Crippen molar-refractivity contribution in [2.45, 2.75) is 0 Å². The number of aromatic nitrogens is 1. The molecule has 3 rings (SSSR count). The van der Waals surface area contributed by atoms with E-state index in [-0.39, 0.29) is 16.4 Å². The number of rotatable bonds is 3. The van der Waals surface area contributed by atoms with Crippen LogP contribution in [0.1, 0.15) is 10.5 Å². The molecule has 0 fully saturated rings. The average Bonchev–Trinajstić information content (AvgIpc) is 3.10. The Hall–Kier alpha value is -1.76. The van der Waals surface area contributed by atoms with E-state index in [2.05, 4.69) is 10.3 Å². The molecule has 21 heavy (non-hydrogen) atoms. The fourth-order valence-electron chi connectivity index (χ4n) is 1.67. The maximum atomic E-state index is 13.6. The van der Waals surface area contributed by atoms with E-state index >= 15 is 0 Å². The predicted molar refractivity (Wildman–Crippen MR) is 84.8 cm³/mol. The van der Waals surface area contributed by atoms with Gasteiger partial charge in [0.25, 0.3) is 5.91 Å². The van der Waals surface area contributed by atoms with E-state index in [9.17, 15) is 9.18 Å². The Bertz CT molecular complexity index is 786. The molecule has 1 amide bonds. The first-order chi connectivity index (χ1) is 10.1. The maximum absolute atomic E-state index is 13.6. The number of anilines is 1. The van der Waals surface area contributed by atoms with Crippen LogP contribution in [-0.2, 0) is 0 Å². The fraction of sp³-hybridized carbons (Fsp3) is 0. The third-order valence-electron chi connectivity index (χ3n) is 2.65. The number of carbonyl (C=O) groups excluding carboxylic acids is 1. The molecule has 3 nitrogen and oxygen atoms in total. The number of hydrogen-bond donors (Lipinski definition) is 1. The predicted octanol–water partition coefficient (Wildman–Crippen LogP) is 4.92. The highest BCUT2D eigenvalue weighted by molar-refractivity contribution is 7.20. The van der Waals surface area contributed by atoms with Crippen LogP contribution in [-0.4, -0.2) is 10.9 Å². The Morgan fingerprint density at radius 1 is 1.29 bits per heavy atom. The number of thiazole rings is 1. The Morgan fingerprint density at radius 3 is 2.86 bits per heavy atom. The zero-order valence-corrected chi connectivity index (χ0v) is 12.9. The summed E-state index contributed by atoms with van der Waals surface area (Å²) in [5.74, 6) is -1.03. The first-order valence-electron chi connectivity index (χ1n) is 5.89. The smallest absolute Gasteiger partial charge is 0.275 e. The largest absolute Gasteiger partial charge is 0.318 e. The van der Waals surface area contributed by atoms with Gasteiger partial charge in [0.15, 0.2) is 0 Å². The van der Waals surface area contributed by atoms with Gasteiger partial charge in [0.05, 0.1) is 10.6 Å². The summed E-state index contributed by atoms with van der Waals surface area (Å²) in [7, 11) is 0. The molecule has 2 heterocycles. The van der Waals surface area contributed by atoms with Gasteiger partial charge in [-0.05, 0) is 29.6 Å². The number of nitrogens with one attached hydrogen (secondary N) is 1. The second kappa shape index (κ2) is 5.93. The summed E-state index contributed by atoms with van der Waals surface area (Å²) in [6, 6.07) is 7.93. The van der Waals surface area contributed by atoms with Gasteiger partial charge in [-0.15, -0.1) is 22.7 Å². The lowest BCUT2D eigenvalue weighted by molar-refractivity contribution is 0.102. The van der Waals surface area contributed by atoms with Crippen LogP contribution in [0, 0.1) is 5.82 Å². The van der Waals surface area contributed by atoms with Gasteiger partial charge in [-0.2, -0.15) is 0 Å². The van der Waals surface area contributed by atoms with Crippen LogP contribution in [0.3, 0.4) is 0 Å². The molecular formula is C14H8ClFN2OS2. The summed E-state index contributed by atoms with van der Waals surface area (Å²) in [5.41, 5.74) is 0.341. The van der Waals surface area contributed by atoms with Crippen LogP contribution < -0.4 is 5.32 Å². The quantitative estimate of drug-likeness (QED) is 0.736. The third kappa shape index (κ3) is 3.12. The minimum Gasteiger partial charge on any atom is -0.318 e. The SMILES string of the molecule is O=C(Nc1ccc(Cl)cc1F)c1csc(-c2cccs2)n1. The van der Waals surface area contributed by atoms with Crippen LogP contribution in [0.5, 0.6) is 0 Å². The summed E-state index contributed by atoms with van der Waals surface area (Å²) >= 11 is 8.60. The number of amides is 1. The average molecular weight is 339 g/mol. The topological polar surface area (TPSA) is 42.0 Å². The molecule has 7 heteroatoms. The molecule has 2 aromatic heterocycles. The molecule has 3 aromatic rings. The Labute approximate surface area is 133 Å². The molecule has 0 atom stereocenters. The highest BCUT2D eigenvalue weighted by Gasteiger charge is 2.14. The van der Waals surface area contributed by atoms with Crippen molar-refractivity contribution in [3.05, 3.63) is 57.6 Å². The summed E-state index contributed by atoms with van der Waals surface area (Å²) in [6.07, 6.45) is 0. The van der Waals surface area contributed by atoms with Crippen LogP contribution in [0.4, 0.5) is 10.1 Å². The number of thiophene rings is 1. The second-order valence-corrected chi connectivity index (χ2v) is 6.34. The van der Waals surface area contributed by atoms with Crippen LogP contribution in [0.15, 0.2) is 41.1 Å². The normalized spacial score (nSPS) is 10.6. The minimum absolute atomic E-state index is 0.0788. The van der Waals surface area contributed by atoms with E-state index in [1.165, 1.54) is 23.5 Å². The molecule has 0 spiro atoms. The van der Waals surface area contributed by atoms with Gasteiger partial charge < -0.3 is 5.32 Å². The molecule has 106 valence electrons. The van der Waals surface area contributed by atoms with E-state index in [0.29, 0.717) is 0 Å². The van der Waals surface area contributed by atoms with Crippen molar-refractivity contribution in [1.82, 2.24) is 4.98 Å². The first kappa shape index (κ1) is 14.2. The van der Waals surface area contributed by atoms with E-state index in [1.54, 1.807) is 16.7 Å². The summed E-state index contributed by atoms with van der Waals surface area (Å²) < 4.78 is 13.6. The molecule has 0 saturated heterocycles. The second-order valence-electron chi connectivity index (χ2n) is 4.09. The molecular weight excluding hydrogens is 331 g/mol. The number of hydrogen-bond acceptors (Lipinski definition) is 4. The van der Waals surface area contributed by atoms with Gasteiger partial charge in [-0.25, -0.2) is 9.37 Å². The van der Waals surface area contributed by atoms with Crippen molar-refractivity contribution < 1.29 is 9.18 Å². The Morgan fingerprint density at radius 2 is 2.14 bits per heavy atom. The van der Waals surface area contributed by atoms with Gasteiger partial charge in [-0.1, -0.05) is 17.7 Å². The van der Waals surface area contributed by atoms with Gasteiger partial charge in [0.1, 0.15) is 16.5 Å². The summed E-state index contributed by atoms with van der Waals surface area (Å²) in [5, 5.41) is 7.13. The molecule has 0 aliphatic carbocycles. The van der Waals surface area contributed by atoms with E-state index in [1.807, 2.05) is 17.5 Å². The van der Waals surface area contributed by atoms with Crippen molar-refractivity contribution in [3.63, 3.8) is 0 Å². The molecule has 1 aromatic carbocycles. The molecule has 0 aliphatic rings. The van der Waals surface area contributed by atoms with Crippen molar-refractivity contribution in [1.29, 1.82) is 0 Å². The Balaban J connectivity index is 1.79. The lowest BCUT2D eigenvalue weighted by Crippen LogP contribution is -2.13. The lowest BCUT2D eigenvalue weighted by Gasteiger charge is -2.04. The maximum Gasteiger partial charge on any atom is 0.275 e. The lowest BCUT2D eigenvalue weighted by atomic mass is 10.3. The zero-order chi connectivity index (χ0) is 14.8. The van der Waals surface area contributed by atoms with E-state index in [4.69, 9.17) is 11.6 Å². The summed E-state index contributed by atoms with van der Waals surface area (Å²) in [4.78, 5) is 17.3. The minimum atomic E-state index is -0.579. The molecule has 0 saturated carbocycles.